The maximum Gasteiger partial charge on any atom is 0.294 e. The van der Waals surface area contributed by atoms with Gasteiger partial charge < -0.3 is 15.5 Å². The first-order valence-electron chi connectivity index (χ1n) is 10.4. The average molecular weight is 492 g/mol. The van der Waals surface area contributed by atoms with Gasteiger partial charge in [0.15, 0.2) is 0 Å². The minimum absolute atomic E-state index is 0.0240. The van der Waals surface area contributed by atoms with Gasteiger partial charge in [-0.2, -0.15) is 8.42 Å². The van der Waals surface area contributed by atoms with Crippen LogP contribution in [0.5, 0.6) is 0 Å². The van der Waals surface area contributed by atoms with E-state index in [9.17, 15) is 18.0 Å². The Hall–Kier alpha value is -2.40. The molecule has 0 aromatic heterocycles. The van der Waals surface area contributed by atoms with Crippen molar-refractivity contribution in [3.8, 4) is 0 Å². The molecule has 33 heavy (non-hydrogen) atoms. The Labute approximate surface area is 198 Å². The molecule has 178 valence electrons. The summed E-state index contributed by atoms with van der Waals surface area (Å²) < 4.78 is 29.2. The molecule has 2 amide bonds. The first-order chi connectivity index (χ1) is 15.3. The molecule has 10 heteroatoms. The van der Waals surface area contributed by atoms with Crippen LogP contribution in [0.25, 0.3) is 0 Å². The highest BCUT2D eigenvalue weighted by atomic mass is 32.2. The van der Waals surface area contributed by atoms with Crippen molar-refractivity contribution in [1.82, 2.24) is 9.80 Å². The second-order valence-electron chi connectivity index (χ2n) is 8.75. The van der Waals surface area contributed by atoms with E-state index in [0.717, 1.165) is 11.1 Å². The second kappa shape index (κ2) is 9.46. The zero-order chi connectivity index (χ0) is 24.6. The number of hydrogen-bond acceptors (Lipinski definition) is 6. The molecule has 0 bridgehead atoms. The molecular weight excluding hydrogens is 462 g/mol. The molecule has 8 nitrogen and oxygen atoms in total. The summed E-state index contributed by atoms with van der Waals surface area (Å²) in [6.45, 7) is 6.40. The number of carbonyl (C=O) groups is 2. The predicted molar refractivity (Wildman–Crippen MR) is 128 cm³/mol. The highest BCUT2D eigenvalue weighted by Crippen LogP contribution is 2.50. The van der Waals surface area contributed by atoms with E-state index in [1.54, 1.807) is 40.7 Å². The van der Waals surface area contributed by atoms with Crippen LogP contribution in [0.2, 0.25) is 0 Å². The number of β-lactam (4-membered cyclic amide) rings is 1. The van der Waals surface area contributed by atoms with E-state index >= 15 is 0 Å². The van der Waals surface area contributed by atoms with Gasteiger partial charge in [0.05, 0.1) is 4.90 Å². The third kappa shape index (κ3) is 5.40. The topological polar surface area (TPSA) is 121 Å². The molecule has 2 aliphatic rings. The lowest BCUT2D eigenvalue weighted by molar-refractivity contribution is -0.155. The van der Waals surface area contributed by atoms with Crippen molar-refractivity contribution < 1.29 is 22.6 Å². The summed E-state index contributed by atoms with van der Waals surface area (Å²) in [5, 5.41) is -0.0680. The van der Waals surface area contributed by atoms with E-state index in [2.05, 4.69) is 0 Å². The Bertz CT molecular complexity index is 1120. The number of nitrogens with zero attached hydrogens (tertiary/aromatic N) is 2. The molecule has 2 fully saturated rings. The zero-order valence-corrected chi connectivity index (χ0v) is 20.6. The van der Waals surface area contributed by atoms with Gasteiger partial charge in [-0.1, -0.05) is 48.0 Å². The Kier molecular flexibility index (Phi) is 7.23. The van der Waals surface area contributed by atoms with Gasteiger partial charge in [0.1, 0.15) is 17.5 Å². The fourth-order valence-corrected chi connectivity index (χ4v) is 5.94. The van der Waals surface area contributed by atoms with Crippen LogP contribution in [0.3, 0.4) is 0 Å². The number of benzene rings is 2. The number of thioether (sulfide) groups is 1. The Morgan fingerprint density at radius 3 is 2.27 bits per heavy atom. The summed E-state index contributed by atoms with van der Waals surface area (Å²) in [5.74, 6) is -0.140. The lowest BCUT2D eigenvalue weighted by Crippen LogP contribution is -2.69. The molecule has 3 N–H and O–H groups in total. The summed E-state index contributed by atoms with van der Waals surface area (Å²) >= 11 is 1.62. The molecule has 2 aromatic carbocycles. The van der Waals surface area contributed by atoms with E-state index < -0.39 is 22.2 Å². The Balaban J connectivity index is 0.000000235. The zero-order valence-electron chi connectivity index (χ0n) is 19.0. The molecular formula is C23H29N3O5S2. The fourth-order valence-electron chi connectivity index (χ4n) is 3.90. The number of amides is 2. The van der Waals surface area contributed by atoms with Crippen molar-refractivity contribution in [2.24, 2.45) is 5.73 Å². The number of carbonyl (C=O) groups excluding carboxylic acids is 2. The monoisotopic (exact) mass is 491 g/mol. The molecule has 0 spiro atoms. The molecule has 4 rings (SSSR count). The third-order valence-corrected chi connectivity index (χ3v) is 8.13. The van der Waals surface area contributed by atoms with Gasteiger partial charge >= 0.3 is 0 Å². The molecule has 2 heterocycles. The van der Waals surface area contributed by atoms with Crippen molar-refractivity contribution in [3.63, 3.8) is 0 Å². The van der Waals surface area contributed by atoms with Gasteiger partial charge in [-0.15, -0.1) is 11.8 Å². The summed E-state index contributed by atoms with van der Waals surface area (Å²) in [5.41, 5.74) is 7.88. The minimum atomic E-state index is -4.02. The van der Waals surface area contributed by atoms with Crippen LogP contribution < -0.4 is 5.73 Å². The quantitative estimate of drug-likeness (QED) is 0.497. The van der Waals surface area contributed by atoms with E-state index in [-0.39, 0.29) is 26.8 Å². The third-order valence-electron chi connectivity index (χ3n) is 5.67. The maximum atomic E-state index is 12.9. The molecule has 0 radical (unpaired) electrons. The number of nitrogens with two attached hydrogens (primary N) is 1. The van der Waals surface area contributed by atoms with Crippen molar-refractivity contribution in [2.75, 3.05) is 7.05 Å². The molecule has 0 aliphatic carbocycles. The maximum absolute atomic E-state index is 12.9. The minimum Gasteiger partial charge on any atom is -0.340 e. The number of fused-ring (bicyclic) bond motifs is 1. The smallest absolute Gasteiger partial charge is 0.294 e. The molecule has 3 atom stereocenters. The molecule has 2 unspecified atom stereocenters. The number of rotatable bonds is 4. The van der Waals surface area contributed by atoms with Crippen LogP contribution in [0.15, 0.2) is 59.5 Å². The average Bonchev–Trinajstić information content (AvgIpc) is 3.02. The van der Waals surface area contributed by atoms with Crippen LogP contribution in [0.4, 0.5) is 0 Å². The second-order valence-corrected chi connectivity index (χ2v) is 11.9. The fraction of sp³-hybridized carbons (Fsp3) is 0.391. The van der Waals surface area contributed by atoms with E-state index in [1.165, 1.54) is 12.1 Å². The summed E-state index contributed by atoms with van der Waals surface area (Å²) in [6.07, 6.45) is 0. The molecule has 0 saturated carbocycles. The lowest BCUT2D eigenvalue weighted by Gasteiger charge is -2.43. The molecule has 2 aromatic rings. The van der Waals surface area contributed by atoms with Gasteiger partial charge in [0, 0.05) is 18.3 Å². The number of hydrogen-bond donors (Lipinski definition) is 2. The normalized spacial score (nSPS) is 23.2. The Morgan fingerprint density at radius 2 is 1.73 bits per heavy atom. The van der Waals surface area contributed by atoms with E-state index in [0.29, 0.717) is 6.54 Å². The standard InChI is InChI=1S/C16H21N3O2S.C7H8O3S/c1-16(2)12(19-13(20)11(17)15(19)22-16)14(21)18(3)9-10-7-5-4-6-8-10;1-6-2-4-7(5-3-6)11(8,9)10/h4-8,11-12,15H,9,17H2,1-3H3;2-5H,1H3,(H,8,9,10)/t11?,12?,15-;/m0./s1. The lowest BCUT2D eigenvalue weighted by atomic mass is 9.95. The SMILES string of the molecule is CN(Cc1ccccc1)C(=O)C1N2C(=O)C(N)[C@@H]2SC1(C)C.Cc1ccc(S(=O)(=O)O)cc1. The van der Waals surface area contributed by atoms with Gasteiger partial charge in [-0.05, 0) is 38.5 Å². The van der Waals surface area contributed by atoms with Crippen LogP contribution in [-0.4, -0.2) is 63.8 Å². The first-order valence-corrected chi connectivity index (χ1v) is 12.7. The van der Waals surface area contributed by atoms with Crippen LogP contribution >= 0.6 is 11.8 Å². The summed E-state index contributed by atoms with van der Waals surface area (Å²) in [4.78, 5) is 28.2. The van der Waals surface area contributed by atoms with Gasteiger partial charge in [0.25, 0.3) is 10.1 Å². The van der Waals surface area contributed by atoms with Crippen molar-refractivity contribution in [2.45, 2.75) is 54.4 Å². The number of likely N-dealkylation sites (N-methyl/N-ethyl adjacent to an activating group) is 1. The van der Waals surface area contributed by atoms with Gasteiger partial charge in [-0.25, -0.2) is 0 Å². The first kappa shape index (κ1) is 25.2. The van der Waals surface area contributed by atoms with Crippen LogP contribution in [-0.2, 0) is 26.3 Å². The number of aryl methyl sites for hydroxylation is 1. The van der Waals surface area contributed by atoms with Crippen LogP contribution in [0.1, 0.15) is 25.0 Å². The summed E-state index contributed by atoms with van der Waals surface area (Å²) in [7, 11) is -2.23. The highest BCUT2D eigenvalue weighted by Gasteiger charge is 2.62. The Morgan fingerprint density at radius 1 is 1.15 bits per heavy atom. The van der Waals surface area contributed by atoms with Crippen molar-refractivity contribution in [3.05, 3.63) is 65.7 Å². The van der Waals surface area contributed by atoms with Gasteiger partial charge in [0.2, 0.25) is 11.8 Å². The largest absolute Gasteiger partial charge is 0.340 e. The van der Waals surface area contributed by atoms with Crippen LogP contribution in [0, 0.1) is 6.92 Å². The highest BCUT2D eigenvalue weighted by molar-refractivity contribution is 8.01. The van der Waals surface area contributed by atoms with Crippen molar-refractivity contribution in [1.29, 1.82) is 0 Å². The van der Waals surface area contributed by atoms with Crippen molar-refractivity contribution >= 4 is 33.7 Å². The predicted octanol–water partition coefficient (Wildman–Crippen LogP) is 2.28. The van der Waals surface area contributed by atoms with E-state index in [4.69, 9.17) is 10.3 Å². The molecule has 2 aliphatic heterocycles. The van der Waals surface area contributed by atoms with E-state index in [1.807, 2.05) is 51.1 Å². The molecule has 2 saturated heterocycles. The summed E-state index contributed by atoms with van der Waals surface area (Å²) in [6, 6.07) is 14.9. The van der Waals surface area contributed by atoms with Gasteiger partial charge in [-0.3, -0.25) is 14.1 Å².